The van der Waals surface area contributed by atoms with Crippen molar-refractivity contribution in [1.29, 1.82) is 0 Å². The Morgan fingerprint density at radius 3 is 2.25 bits per heavy atom. The highest BCUT2D eigenvalue weighted by atomic mass is 127. The summed E-state index contributed by atoms with van der Waals surface area (Å²) in [5, 5.41) is 3.62. The second-order valence-corrected chi connectivity index (χ2v) is 8.77. The van der Waals surface area contributed by atoms with E-state index < -0.39 is 0 Å². The fourth-order valence-electron chi connectivity index (χ4n) is 0.846. The molecule has 0 aliphatic rings. The van der Waals surface area contributed by atoms with Crippen molar-refractivity contribution >= 4 is 103 Å². The molecule has 1 aromatic carbocycles. The van der Waals surface area contributed by atoms with Gasteiger partial charge in [-0.1, -0.05) is 23.2 Å². The third kappa shape index (κ3) is 4.46. The summed E-state index contributed by atoms with van der Waals surface area (Å²) in [7, 11) is 0. The normalized spacial score (nSPS) is 9.81. The molecule has 0 heterocycles. The smallest absolute Gasteiger partial charge is 0.263 e. The minimum Gasteiger partial charge on any atom is -0.322 e. The van der Waals surface area contributed by atoms with Crippen LogP contribution in [0.2, 0.25) is 10.0 Å². The summed E-state index contributed by atoms with van der Waals surface area (Å²) in [5.74, 6) is -0.155. The molecule has 0 atom stereocenters. The minimum absolute atomic E-state index is 0.155. The van der Waals surface area contributed by atoms with Gasteiger partial charge in [0, 0.05) is 5.69 Å². The van der Waals surface area contributed by atoms with Gasteiger partial charge >= 0.3 is 0 Å². The Labute approximate surface area is 144 Å². The van der Waals surface area contributed by atoms with Crippen LogP contribution in [-0.4, -0.2) is 5.91 Å². The Balaban J connectivity index is 2.86. The molecule has 0 aliphatic carbocycles. The van der Waals surface area contributed by atoms with Gasteiger partial charge in [-0.2, -0.15) is 0 Å². The summed E-state index contributed by atoms with van der Waals surface area (Å²) < 4.78 is 1.55. The molecule has 1 amide bonds. The lowest BCUT2D eigenvalue weighted by Gasteiger charge is -2.05. The van der Waals surface area contributed by atoms with Crippen LogP contribution in [0.15, 0.2) is 23.4 Å². The molecule has 0 aromatic heterocycles. The van der Waals surface area contributed by atoms with Crippen LogP contribution in [-0.2, 0) is 4.79 Å². The highest BCUT2D eigenvalue weighted by Gasteiger charge is 2.10. The molecule has 0 bridgehead atoms. The fourth-order valence-corrected chi connectivity index (χ4v) is 1.77. The van der Waals surface area contributed by atoms with Gasteiger partial charge in [0.05, 0.1) is 15.2 Å². The fraction of sp³-hybridized carbons (Fsp3) is 0. The highest BCUT2D eigenvalue weighted by molar-refractivity contribution is 14.2. The van der Waals surface area contributed by atoms with Crippen molar-refractivity contribution in [2.45, 2.75) is 0 Å². The van der Waals surface area contributed by atoms with E-state index >= 15 is 0 Å². The number of nitrogens with one attached hydrogen (secondary N) is 1. The maximum absolute atomic E-state index is 11.7. The summed E-state index contributed by atoms with van der Waals surface area (Å²) in [4.78, 5) is 11.7. The van der Waals surface area contributed by atoms with Crippen molar-refractivity contribution in [2.24, 2.45) is 0 Å². The van der Waals surface area contributed by atoms with E-state index in [1.807, 2.05) is 22.6 Å². The van der Waals surface area contributed by atoms with E-state index in [2.05, 4.69) is 50.5 Å². The predicted octanol–water partition coefficient (Wildman–Crippen LogP) is 5.41. The number of anilines is 1. The maximum Gasteiger partial charge on any atom is 0.263 e. The van der Waals surface area contributed by atoms with Crippen LogP contribution in [0.3, 0.4) is 0 Å². The third-order valence-corrected chi connectivity index (χ3v) is 6.45. The largest absolute Gasteiger partial charge is 0.322 e. The van der Waals surface area contributed by atoms with Gasteiger partial charge < -0.3 is 5.32 Å². The summed E-state index contributed by atoms with van der Waals surface area (Å²) in [6.45, 7) is 0. The average Bonchev–Trinajstić information content (AvgIpc) is 2.22. The Morgan fingerprint density at radius 2 is 1.75 bits per heavy atom. The van der Waals surface area contributed by atoms with Crippen molar-refractivity contribution in [3.05, 3.63) is 33.4 Å². The molecule has 0 saturated heterocycles. The van der Waals surface area contributed by atoms with E-state index in [1.54, 1.807) is 18.2 Å². The lowest BCUT2D eigenvalue weighted by atomic mass is 10.3. The van der Waals surface area contributed by atoms with Crippen LogP contribution in [0.25, 0.3) is 0 Å². The molecule has 0 fully saturated rings. The molecule has 0 unspecified atom stereocenters. The number of hydrogen-bond donors (Lipinski definition) is 1. The summed E-state index contributed by atoms with van der Waals surface area (Å²) in [6, 6.07) is 4.97. The minimum atomic E-state index is -0.155. The first-order valence-electron chi connectivity index (χ1n) is 3.89. The van der Waals surface area contributed by atoms with Gasteiger partial charge in [-0.05, 0) is 86.0 Å². The van der Waals surface area contributed by atoms with Gasteiger partial charge in [0.15, 0.2) is 0 Å². The van der Waals surface area contributed by atoms with Crippen molar-refractivity contribution in [2.75, 3.05) is 5.32 Å². The van der Waals surface area contributed by atoms with Crippen molar-refractivity contribution in [1.82, 2.24) is 0 Å². The van der Waals surface area contributed by atoms with Crippen LogP contribution >= 0.6 is 91.0 Å². The number of amides is 1. The molecule has 2 nitrogen and oxygen atoms in total. The zero-order valence-corrected chi connectivity index (χ0v) is 15.5. The van der Waals surface area contributed by atoms with Gasteiger partial charge in [0.1, 0.15) is 0 Å². The quantitative estimate of drug-likeness (QED) is 0.361. The van der Waals surface area contributed by atoms with Crippen LogP contribution < -0.4 is 5.32 Å². The Morgan fingerprint density at radius 1 is 1.12 bits per heavy atom. The van der Waals surface area contributed by atoms with Gasteiger partial charge in [-0.25, -0.2) is 0 Å². The zero-order valence-electron chi connectivity index (χ0n) is 7.53. The number of halogens is 5. The Bertz CT molecular complexity index is 458. The SMILES string of the molecule is O=C(Nc1ccc(Cl)c(Cl)c1)C(I)=C(I)I. The number of rotatable bonds is 2. The van der Waals surface area contributed by atoms with Crippen LogP contribution in [0.1, 0.15) is 0 Å². The second-order valence-electron chi connectivity index (χ2n) is 2.66. The molecule has 7 heteroatoms. The van der Waals surface area contributed by atoms with Gasteiger partial charge in [0.2, 0.25) is 0 Å². The molecule has 1 aromatic rings. The molecule has 1 rings (SSSR count). The first kappa shape index (κ1) is 15.3. The van der Waals surface area contributed by atoms with Crippen LogP contribution in [0, 0.1) is 0 Å². The average molecular weight is 594 g/mol. The lowest BCUT2D eigenvalue weighted by Crippen LogP contribution is -2.11. The Kier molecular flexibility index (Phi) is 6.63. The van der Waals surface area contributed by atoms with Crippen molar-refractivity contribution in [3.63, 3.8) is 0 Å². The van der Waals surface area contributed by atoms with E-state index in [1.165, 1.54) is 0 Å². The summed E-state index contributed by atoms with van der Waals surface area (Å²) in [6.07, 6.45) is 0. The molecular weight excluding hydrogens is 590 g/mol. The highest BCUT2D eigenvalue weighted by Crippen LogP contribution is 2.28. The number of hydrogen-bond acceptors (Lipinski definition) is 1. The number of carbonyl (C=O) groups is 1. The molecule has 0 spiro atoms. The van der Waals surface area contributed by atoms with Crippen LogP contribution in [0.5, 0.6) is 0 Å². The van der Waals surface area contributed by atoms with Crippen molar-refractivity contribution in [3.8, 4) is 0 Å². The monoisotopic (exact) mass is 593 g/mol. The van der Waals surface area contributed by atoms with Gasteiger partial charge in [-0.3, -0.25) is 4.79 Å². The van der Waals surface area contributed by atoms with E-state index in [0.29, 0.717) is 19.3 Å². The predicted molar refractivity (Wildman–Crippen MR) is 94.2 cm³/mol. The van der Waals surface area contributed by atoms with E-state index in [-0.39, 0.29) is 5.91 Å². The molecule has 0 aliphatic heterocycles. The molecule has 86 valence electrons. The van der Waals surface area contributed by atoms with Gasteiger partial charge in [0.25, 0.3) is 5.91 Å². The topological polar surface area (TPSA) is 29.1 Å². The lowest BCUT2D eigenvalue weighted by molar-refractivity contribution is -0.112. The second kappa shape index (κ2) is 6.95. The Hall–Kier alpha value is 1.20. The summed E-state index contributed by atoms with van der Waals surface area (Å²) >= 11 is 17.8. The van der Waals surface area contributed by atoms with E-state index in [9.17, 15) is 4.79 Å². The van der Waals surface area contributed by atoms with E-state index in [4.69, 9.17) is 23.2 Å². The molecule has 0 saturated carbocycles. The molecule has 16 heavy (non-hydrogen) atoms. The van der Waals surface area contributed by atoms with Crippen molar-refractivity contribution < 1.29 is 4.79 Å². The van der Waals surface area contributed by atoms with E-state index in [0.717, 1.165) is 1.59 Å². The number of carbonyl (C=O) groups excluding carboxylic acids is 1. The number of benzene rings is 1. The van der Waals surface area contributed by atoms with Crippen LogP contribution in [0.4, 0.5) is 5.69 Å². The summed E-state index contributed by atoms with van der Waals surface area (Å²) in [5.41, 5.74) is 0.627. The first-order valence-corrected chi connectivity index (χ1v) is 7.88. The molecule has 0 radical (unpaired) electrons. The third-order valence-electron chi connectivity index (χ3n) is 1.54. The molecule has 1 N–H and O–H groups in total. The zero-order chi connectivity index (χ0) is 12.3. The molecular formula is C9H4Cl2I3NO. The van der Waals surface area contributed by atoms with Gasteiger partial charge in [-0.15, -0.1) is 0 Å². The maximum atomic E-state index is 11.7. The standard InChI is InChI=1S/C9H4Cl2I3NO/c10-5-2-1-4(3-6(5)11)15-9(16)7(12)8(13)14/h1-3H,(H,15,16). The first-order chi connectivity index (χ1) is 7.41.